The third-order valence-corrected chi connectivity index (χ3v) is 3.74. The zero-order valence-corrected chi connectivity index (χ0v) is 12.5. The van der Waals surface area contributed by atoms with Crippen molar-refractivity contribution in [2.24, 2.45) is 14.1 Å². The maximum Gasteiger partial charge on any atom is 0.332 e. The van der Waals surface area contributed by atoms with Gasteiger partial charge in [-0.15, -0.1) is 0 Å². The SMILES string of the molecule is CCN(CC)CCn1c(=O)c2c(ncn2C)n(C)c1=O. The lowest BCUT2D eigenvalue weighted by atomic mass is 10.4. The van der Waals surface area contributed by atoms with Crippen LogP contribution in [0.5, 0.6) is 0 Å². The summed E-state index contributed by atoms with van der Waals surface area (Å²) in [6.45, 7) is 7.02. The van der Waals surface area contributed by atoms with Crippen LogP contribution in [0.2, 0.25) is 0 Å². The first-order chi connectivity index (χ1) is 9.51. The van der Waals surface area contributed by atoms with Gasteiger partial charge in [-0.25, -0.2) is 9.78 Å². The first-order valence-electron chi connectivity index (χ1n) is 6.84. The molecule has 0 aromatic carbocycles. The first-order valence-corrected chi connectivity index (χ1v) is 6.84. The number of imidazole rings is 1. The lowest BCUT2D eigenvalue weighted by Gasteiger charge is -2.18. The average molecular weight is 279 g/mol. The summed E-state index contributed by atoms with van der Waals surface area (Å²) in [5.41, 5.74) is 0.317. The van der Waals surface area contributed by atoms with E-state index in [1.54, 1.807) is 25.0 Å². The standard InChI is InChI=1S/C13H21N5O2/c1-5-17(6-2)7-8-18-12(19)10-11(14-9-15(10)3)16(4)13(18)20/h9H,5-8H2,1-4H3. The summed E-state index contributed by atoms with van der Waals surface area (Å²) < 4.78 is 4.38. The van der Waals surface area contributed by atoms with Crippen LogP contribution in [0.4, 0.5) is 0 Å². The summed E-state index contributed by atoms with van der Waals surface area (Å²) in [6, 6.07) is 0. The smallest absolute Gasteiger partial charge is 0.328 e. The van der Waals surface area contributed by atoms with E-state index in [-0.39, 0.29) is 11.2 Å². The van der Waals surface area contributed by atoms with Crippen molar-refractivity contribution < 1.29 is 0 Å². The van der Waals surface area contributed by atoms with E-state index in [4.69, 9.17) is 0 Å². The molecule has 7 nitrogen and oxygen atoms in total. The van der Waals surface area contributed by atoms with Gasteiger partial charge in [-0.05, 0) is 13.1 Å². The molecule has 0 spiro atoms. The summed E-state index contributed by atoms with van der Waals surface area (Å²) >= 11 is 0. The van der Waals surface area contributed by atoms with Crippen molar-refractivity contribution in [2.45, 2.75) is 20.4 Å². The molecule has 2 rings (SSSR count). The van der Waals surface area contributed by atoms with Crippen LogP contribution in [0.25, 0.3) is 11.2 Å². The van der Waals surface area contributed by atoms with Crippen LogP contribution in [0, 0.1) is 0 Å². The molecule has 0 saturated heterocycles. The van der Waals surface area contributed by atoms with Crippen LogP contribution in [-0.2, 0) is 20.6 Å². The number of hydrogen-bond donors (Lipinski definition) is 0. The zero-order chi connectivity index (χ0) is 14.9. The van der Waals surface area contributed by atoms with E-state index >= 15 is 0 Å². The fourth-order valence-electron chi connectivity index (χ4n) is 2.37. The molecule has 0 amide bonds. The van der Waals surface area contributed by atoms with Gasteiger partial charge in [0.2, 0.25) is 0 Å². The molecule has 0 atom stereocenters. The third kappa shape index (κ3) is 2.29. The molecule has 0 saturated carbocycles. The molecule has 0 aliphatic heterocycles. The minimum absolute atomic E-state index is 0.268. The molecule has 2 heterocycles. The molecule has 0 radical (unpaired) electrons. The lowest BCUT2D eigenvalue weighted by Crippen LogP contribution is -2.42. The molecule has 110 valence electrons. The van der Waals surface area contributed by atoms with Crippen LogP contribution in [0.3, 0.4) is 0 Å². The van der Waals surface area contributed by atoms with Crippen molar-refractivity contribution in [1.29, 1.82) is 0 Å². The Morgan fingerprint density at radius 1 is 1.20 bits per heavy atom. The Labute approximate surface area is 117 Å². The van der Waals surface area contributed by atoms with E-state index in [9.17, 15) is 9.59 Å². The van der Waals surface area contributed by atoms with Gasteiger partial charge in [0.25, 0.3) is 5.56 Å². The number of hydrogen-bond acceptors (Lipinski definition) is 4. The Morgan fingerprint density at radius 2 is 1.85 bits per heavy atom. The molecule has 0 aliphatic rings. The maximum absolute atomic E-state index is 12.4. The molecule has 2 aromatic heterocycles. The van der Waals surface area contributed by atoms with E-state index < -0.39 is 0 Å². The van der Waals surface area contributed by atoms with Crippen LogP contribution < -0.4 is 11.2 Å². The van der Waals surface area contributed by atoms with E-state index in [1.165, 1.54) is 9.13 Å². The highest BCUT2D eigenvalue weighted by atomic mass is 16.2. The van der Waals surface area contributed by atoms with Crippen molar-refractivity contribution in [3.8, 4) is 0 Å². The van der Waals surface area contributed by atoms with Gasteiger partial charge >= 0.3 is 5.69 Å². The van der Waals surface area contributed by atoms with Crippen LogP contribution in [-0.4, -0.2) is 43.2 Å². The predicted molar refractivity (Wildman–Crippen MR) is 78.0 cm³/mol. The van der Waals surface area contributed by atoms with Crippen molar-refractivity contribution in [1.82, 2.24) is 23.6 Å². The molecule has 0 fully saturated rings. The number of nitrogens with zero attached hydrogens (tertiary/aromatic N) is 5. The summed E-state index contributed by atoms with van der Waals surface area (Å²) in [6.07, 6.45) is 1.56. The Kier molecular flexibility index (Phi) is 4.08. The van der Waals surface area contributed by atoms with Gasteiger partial charge in [-0.1, -0.05) is 13.8 Å². The minimum Gasteiger partial charge on any atom is -0.328 e. The number of fused-ring (bicyclic) bond motifs is 1. The largest absolute Gasteiger partial charge is 0.332 e. The number of aromatic nitrogens is 4. The average Bonchev–Trinajstić information content (AvgIpc) is 2.83. The summed E-state index contributed by atoms with van der Waals surface area (Å²) in [4.78, 5) is 31.0. The molecular formula is C13H21N5O2. The normalized spacial score (nSPS) is 11.7. The van der Waals surface area contributed by atoms with Crippen molar-refractivity contribution in [3.63, 3.8) is 0 Å². The Balaban J connectivity index is 2.51. The lowest BCUT2D eigenvalue weighted by molar-refractivity contribution is 0.286. The molecule has 7 heteroatoms. The van der Waals surface area contributed by atoms with Gasteiger partial charge in [-0.3, -0.25) is 13.9 Å². The van der Waals surface area contributed by atoms with Crippen molar-refractivity contribution >= 4 is 11.2 Å². The topological polar surface area (TPSA) is 65.1 Å². The van der Waals surface area contributed by atoms with Crippen molar-refractivity contribution in [3.05, 3.63) is 27.2 Å². The van der Waals surface area contributed by atoms with Gasteiger partial charge in [-0.2, -0.15) is 0 Å². The summed E-state index contributed by atoms with van der Waals surface area (Å²) in [5.74, 6) is 0. The van der Waals surface area contributed by atoms with Crippen molar-refractivity contribution in [2.75, 3.05) is 19.6 Å². The molecule has 0 aliphatic carbocycles. The second kappa shape index (κ2) is 5.62. The Hall–Kier alpha value is -1.89. The number of likely N-dealkylation sites (N-methyl/N-ethyl adjacent to an activating group) is 1. The third-order valence-electron chi connectivity index (χ3n) is 3.74. The van der Waals surface area contributed by atoms with E-state index in [1.807, 2.05) is 0 Å². The fourth-order valence-corrected chi connectivity index (χ4v) is 2.37. The quantitative estimate of drug-likeness (QED) is 0.759. The van der Waals surface area contributed by atoms with Gasteiger partial charge in [0.05, 0.1) is 6.33 Å². The second-order valence-corrected chi connectivity index (χ2v) is 4.85. The van der Waals surface area contributed by atoms with E-state index in [0.29, 0.717) is 24.3 Å². The minimum atomic E-state index is -0.312. The molecule has 0 bridgehead atoms. The van der Waals surface area contributed by atoms with Gasteiger partial charge in [0.15, 0.2) is 11.2 Å². The van der Waals surface area contributed by atoms with Crippen LogP contribution in [0.1, 0.15) is 13.8 Å². The van der Waals surface area contributed by atoms with Gasteiger partial charge < -0.3 is 9.47 Å². The number of aryl methyl sites for hydroxylation is 2. The Morgan fingerprint density at radius 3 is 2.45 bits per heavy atom. The second-order valence-electron chi connectivity index (χ2n) is 4.85. The zero-order valence-electron chi connectivity index (χ0n) is 12.5. The highest BCUT2D eigenvalue weighted by Crippen LogP contribution is 2.02. The summed E-state index contributed by atoms with van der Waals surface area (Å²) in [7, 11) is 3.40. The summed E-state index contributed by atoms with van der Waals surface area (Å²) in [5, 5.41) is 0. The van der Waals surface area contributed by atoms with E-state index in [2.05, 4.69) is 23.7 Å². The van der Waals surface area contributed by atoms with Crippen LogP contribution in [0.15, 0.2) is 15.9 Å². The van der Waals surface area contributed by atoms with Crippen LogP contribution >= 0.6 is 0 Å². The van der Waals surface area contributed by atoms with E-state index in [0.717, 1.165) is 13.1 Å². The molecule has 20 heavy (non-hydrogen) atoms. The monoisotopic (exact) mass is 279 g/mol. The molecular weight excluding hydrogens is 258 g/mol. The molecule has 0 N–H and O–H groups in total. The maximum atomic E-state index is 12.4. The number of rotatable bonds is 5. The molecule has 2 aromatic rings. The molecule has 0 unspecified atom stereocenters. The van der Waals surface area contributed by atoms with Gasteiger partial charge in [0, 0.05) is 27.2 Å². The Bertz CT molecular complexity index is 721. The fraction of sp³-hybridized carbons (Fsp3) is 0.615. The van der Waals surface area contributed by atoms with Gasteiger partial charge in [0.1, 0.15) is 0 Å². The predicted octanol–water partition coefficient (Wildman–Crippen LogP) is -0.224. The first kappa shape index (κ1) is 14.5. The highest BCUT2D eigenvalue weighted by molar-refractivity contribution is 5.69. The highest BCUT2D eigenvalue weighted by Gasteiger charge is 2.14.